The van der Waals surface area contributed by atoms with Crippen LogP contribution >= 0.6 is 11.3 Å². The predicted molar refractivity (Wildman–Crippen MR) is 89.6 cm³/mol. The molecule has 3 N–H and O–H groups in total. The van der Waals surface area contributed by atoms with E-state index in [1.54, 1.807) is 12.4 Å². The number of nitrogens with one attached hydrogen (secondary N) is 2. The monoisotopic (exact) mass is 338 g/mol. The van der Waals surface area contributed by atoms with Crippen molar-refractivity contribution in [3.05, 3.63) is 46.1 Å². The fourth-order valence-electron chi connectivity index (χ4n) is 1.37. The number of guanidine groups is 1. The molecule has 0 atom stereocenters. The Morgan fingerprint density at radius 3 is 2.48 bits per heavy atom. The number of rotatable bonds is 2. The van der Waals surface area contributed by atoms with Crippen molar-refractivity contribution in [2.45, 2.75) is 26.3 Å². The molecule has 0 aliphatic heterocycles. The van der Waals surface area contributed by atoms with Crippen LogP contribution in [0.2, 0.25) is 0 Å². The molecular formula is C13H18N6O3S. The molecule has 2 aromatic heterocycles. The maximum absolute atomic E-state index is 8.36. The Kier molecular flexibility index (Phi) is 6.87. The number of pyridine rings is 1. The van der Waals surface area contributed by atoms with Crippen LogP contribution < -0.4 is 10.6 Å². The van der Waals surface area contributed by atoms with Crippen molar-refractivity contribution in [3.8, 4) is 0 Å². The molecule has 0 bridgehead atoms. The third-order valence-corrected chi connectivity index (χ3v) is 2.70. The SMILES string of the molecule is CC(C)(C)N=C(Nc1ccccn1)Nc1nccs1.O=[N+]([O-])O. The highest BCUT2D eigenvalue weighted by Crippen LogP contribution is 2.13. The van der Waals surface area contributed by atoms with Crippen LogP contribution in [0.1, 0.15) is 20.8 Å². The minimum absolute atomic E-state index is 0.193. The van der Waals surface area contributed by atoms with Crippen LogP contribution in [0.4, 0.5) is 10.9 Å². The summed E-state index contributed by atoms with van der Waals surface area (Å²) in [7, 11) is 0. The van der Waals surface area contributed by atoms with E-state index in [1.165, 1.54) is 11.3 Å². The average Bonchev–Trinajstić information content (AvgIpc) is 2.90. The zero-order valence-electron chi connectivity index (χ0n) is 12.9. The minimum Gasteiger partial charge on any atom is -0.328 e. The number of anilines is 2. The first-order valence-corrected chi connectivity index (χ1v) is 7.42. The lowest BCUT2D eigenvalue weighted by Crippen LogP contribution is -2.27. The molecule has 2 heterocycles. The molecule has 9 nitrogen and oxygen atoms in total. The van der Waals surface area contributed by atoms with Gasteiger partial charge in [-0.15, -0.1) is 21.5 Å². The molecule has 23 heavy (non-hydrogen) atoms. The van der Waals surface area contributed by atoms with E-state index in [1.807, 2.05) is 44.4 Å². The lowest BCUT2D eigenvalue weighted by Gasteiger charge is -2.17. The van der Waals surface area contributed by atoms with Crippen LogP contribution in [0.15, 0.2) is 41.0 Å². The maximum Gasteiger partial charge on any atom is 0.291 e. The van der Waals surface area contributed by atoms with Gasteiger partial charge in [0, 0.05) is 17.8 Å². The van der Waals surface area contributed by atoms with Crippen LogP contribution in [0.5, 0.6) is 0 Å². The summed E-state index contributed by atoms with van der Waals surface area (Å²) < 4.78 is 0. The van der Waals surface area contributed by atoms with E-state index >= 15 is 0 Å². The van der Waals surface area contributed by atoms with Crippen LogP contribution in [0.3, 0.4) is 0 Å². The van der Waals surface area contributed by atoms with Gasteiger partial charge < -0.3 is 15.8 Å². The summed E-state index contributed by atoms with van der Waals surface area (Å²) in [5, 5.41) is 22.7. The van der Waals surface area contributed by atoms with E-state index in [-0.39, 0.29) is 5.54 Å². The molecule has 0 saturated carbocycles. The highest BCUT2D eigenvalue weighted by Gasteiger charge is 2.11. The van der Waals surface area contributed by atoms with Gasteiger partial charge in [0.25, 0.3) is 5.09 Å². The zero-order valence-corrected chi connectivity index (χ0v) is 13.7. The molecule has 2 rings (SSSR count). The molecule has 0 aliphatic rings. The molecule has 0 aliphatic carbocycles. The molecule has 0 spiro atoms. The Labute approximate surface area is 137 Å². The van der Waals surface area contributed by atoms with Crippen molar-refractivity contribution in [3.63, 3.8) is 0 Å². The van der Waals surface area contributed by atoms with Crippen LogP contribution in [-0.4, -0.2) is 31.8 Å². The lowest BCUT2D eigenvalue weighted by molar-refractivity contribution is -0.742. The Morgan fingerprint density at radius 1 is 1.30 bits per heavy atom. The third kappa shape index (κ3) is 8.98. The second kappa shape index (κ2) is 8.63. The standard InChI is InChI=1S/C13H17N5S.HNO3/c1-13(2,3)18-11(17-12-15-8-9-19-12)16-10-6-4-5-7-14-10;2-1(3)4/h4-9H,1-3H3,(H2,14,15,16,17,18);(H,2,3,4). The van der Waals surface area contributed by atoms with Gasteiger partial charge in [-0.1, -0.05) is 6.07 Å². The van der Waals surface area contributed by atoms with Gasteiger partial charge in [-0.25, -0.2) is 15.0 Å². The Morgan fingerprint density at radius 2 is 2.00 bits per heavy atom. The maximum atomic E-state index is 8.36. The molecule has 0 fully saturated rings. The van der Waals surface area contributed by atoms with Crippen molar-refractivity contribution < 1.29 is 10.3 Å². The number of thiazole rings is 1. The van der Waals surface area contributed by atoms with E-state index in [4.69, 9.17) is 15.3 Å². The number of aliphatic imine (C=N–C) groups is 1. The summed E-state index contributed by atoms with van der Waals surface area (Å²) in [6.07, 6.45) is 3.49. The van der Waals surface area contributed by atoms with E-state index in [0.29, 0.717) is 5.96 Å². The quantitative estimate of drug-likeness (QED) is 0.332. The second-order valence-electron chi connectivity index (χ2n) is 5.17. The minimum atomic E-state index is -1.50. The molecule has 0 saturated heterocycles. The van der Waals surface area contributed by atoms with Crippen molar-refractivity contribution in [1.29, 1.82) is 0 Å². The normalized spacial score (nSPS) is 11.2. The van der Waals surface area contributed by atoms with Crippen molar-refractivity contribution in [2.24, 2.45) is 4.99 Å². The number of nitrogens with zero attached hydrogens (tertiary/aromatic N) is 4. The molecule has 124 valence electrons. The topological polar surface area (TPSA) is 126 Å². The van der Waals surface area contributed by atoms with Gasteiger partial charge in [-0.2, -0.15) is 0 Å². The molecule has 0 amide bonds. The van der Waals surface area contributed by atoms with E-state index in [0.717, 1.165) is 10.9 Å². The number of hydrogen-bond acceptors (Lipinski definition) is 6. The highest BCUT2D eigenvalue weighted by atomic mass is 32.1. The average molecular weight is 338 g/mol. The molecule has 10 heteroatoms. The summed E-state index contributed by atoms with van der Waals surface area (Å²) in [6.45, 7) is 6.11. The molecule has 2 aromatic rings. The first-order valence-electron chi connectivity index (χ1n) is 6.54. The Balaban J connectivity index is 0.000000593. The van der Waals surface area contributed by atoms with Crippen LogP contribution in [0, 0.1) is 10.1 Å². The Hall–Kier alpha value is -2.75. The third-order valence-electron chi connectivity index (χ3n) is 2.02. The fraction of sp³-hybridized carbons (Fsp3) is 0.308. The highest BCUT2D eigenvalue weighted by molar-refractivity contribution is 7.13. The number of aromatic nitrogens is 2. The molecule has 0 aromatic carbocycles. The van der Waals surface area contributed by atoms with Crippen LogP contribution in [0.25, 0.3) is 0 Å². The van der Waals surface area contributed by atoms with Gasteiger partial charge in [0.15, 0.2) is 5.13 Å². The summed E-state index contributed by atoms with van der Waals surface area (Å²) in [6, 6.07) is 5.69. The predicted octanol–water partition coefficient (Wildman–Crippen LogP) is 2.87. The van der Waals surface area contributed by atoms with Gasteiger partial charge in [-0.05, 0) is 32.9 Å². The summed E-state index contributed by atoms with van der Waals surface area (Å²) in [5.74, 6) is 1.38. The Bertz CT molecular complexity index is 621. The molecule has 0 radical (unpaired) electrons. The summed E-state index contributed by atoms with van der Waals surface area (Å²) in [4.78, 5) is 21.4. The van der Waals surface area contributed by atoms with E-state index in [2.05, 4.69) is 25.6 Å². The van der Waals surface area contributed by atoms with Crippen molar-refractivity contribution >= 4 is 28.2 Å². The van der Waals surface area contributed by atoms with Gasteiger partial charge in [-0.3, -0.25) is 0 Å². The smallest absolute Gasteiger partial charge is 0.291 e. The first kappa shape index (κ1) is 18.3. The van der Waals surface area contributed by atoms with Gasteiger partial charge >= 0.3 is 0 Å². The van der Waals surface area contributed by atoms with Gasteiger partial charge in [0.2, 0.25) is 5.96 Å². The van der Waals surface area contributed by atoms with Gasteiger partial charge in [0.1, 0.15) is 5.82 Å². The summed E-state index contributed by atoms with van der Waals surface area (Å²) in [5.41, 5.74) is -0.193. The second-order valence-corrected chi connectivity index (χ2v) is 6.07. The van der Waals surface area contributed by atoms with E-state index < -0.39 is 5.09 Å². The zero-order chi connectivity index (χ0) is 17.3. The van der Waals surface area contributed by atoms with Crippen molar-refractivity contribution in [1.82, 2.24) is 9.97 Å². The fourth-order valence-corrected chi connectivity index (χ4v) is 1.89. The largest absolute Gasteiger partial charge is 0.328 e. The summed E-state index contributed by atoms with van der Waals surface area (Å²) >= 11 is 1.52. The number of hydrogen-bond donors (Lipinski definition) is 3. The van der Waals surface area contributed by atoms with Crippen LogP contribution in [-0.2, 0) is 0 Å². The lowest BCUT2D eigenvalue weighted by atomic mass is 10.1. The van der Waals surface area contributed by atoms with E-state index in [9.17, 15) is 0 Å². The van der Waals surface area contributed by atoms with Gasteiger partial charge in [0.05, 0.1) is 5.54 Å². The molecular weight excluding hydrogens is 320 g/mol. The van der Waals surface area contributed by atoms with Crippen molar-refractivity contribution in [2.75, 3.05) is 10.6 Å². The first-order chi connectivity index (χ1) is 10.8. The molecule has 0 unspecified atom stereocenters.